The van der Waals surface area contributed by atoms with Crippen molar-refractivity contribution in [1.82, 2.24) is 20.4 Å². The molecule has 3 atom stereocenters. The van der Waals surface area contributed by atoms with Crippen LogP contribution >= 0.6 is 0 Å². The summed E-state index contributed by atoms with van der Waals surface area (Å²) in [7, 11) is 0. The van der Waals surface area contributed by atoms with E-state index in [-0.39, 0.29) is 18.2 Å². The van der Waals surface area contributed by atoms with Gasteiger partial charge in [0, 0.05) is 38.1 Å². The smallest absolute Gasteiger partial charge is 0.315 e. The van der Waals surface area contributed by atoms with E-state index in [4.69, 9.17) is 4.74 Å². The number of nitrogens with one attached hydrogen (secondary N) is 2. The Morgan fingerprint density at radius 1 is 1.36 bits per heavy atom. The third-order valence-electron chi connectivity index (χ3n) is 4.46. The lowest BCUT2D eigenvalue weighted by Gasteiger charge is -2.30. The van der Waals surface area contributed by atoms with E-state index in [9.17, 15) is 4.79 Å². The Labute approximate surface area is 148 Å². The van der Waals surface area contributed by atoms with Gasteiger partial charge >= 0.3 is 6.03 Å². The minimum Gasteiger partial charge on any atom is -0.373 e. The molecule has 3 rings (SSSR count). The molecule has 2 N–H and O–H groups in total. The van der Waals surface area contributed by atoms with Gasteiger partial charge in [-0.25, -0.2) is 4.79 Å². The van der Waals surface area contributed by atoms with Crippen LogP contribution in [0.25, 0.3) is 0 Å². The molecule has 1 aromatic carbocycles. The maximum absolute atomic E-state index is 12.2. The average Bonchev–Trinajstić information content (AvgIpc) is 3.14. The molecular weight excluding hydrogens is 316 g/mol. The SMILES string of the molecule is C[C@H](CNC(=O)N[C@@H]1CCO[C@@H](c2ccccc2)C1)Cn1cccn1. The van der Waals surface area contributed by atoms with Gasteiger partial charge < -0.3 is 15.4 Å². The number of hydrogen-bond donors (Lipinski definition) is 2. The van der Waals surface area contributed by atoms with Crippen molar-refractivity contribution in [2.24, 2.45) is 5.92 Å². The number of amides is 2. The predicted molar refractivity (Wildman–Crippen MR) is 96.1 cm³/mol. The summed E-state index contributed by atoms with van der Waals surface area (Å²) in [5.41, 5.74) is 1.17. The van der Waals surface area contributed by atoms with E-state index in [1.165, 1.54) is 5.56 Å². The summed E-state index contributed by atoms with van der Waals surface area (Å²) in [5, 5.41) is 10.2. The van der Waals surface area contributed by atoms with E-state index in [0.717, 1.165) is 19.4 Å². The van der Waals surface area contributed by atoms with Crippen LogP contribution < -0.4 is 10.6 Å². The molecule has 0 spiro atoms. The van der Waals surface area contributed by atoms with Crippen LogP contribution in [-0.2, 0) is 11.3 Å². The first-order valence-corrected chi connectivity index (χ1v) is 8.89. The van der Waals surface area contributed by atoms with Gasteiger partial charge in [0.25, 0.3) is 0 Å². The highest BCUT2D eigenvalue weighted by molar-refractivity contribution is 5.74. The van der Waals surface area contributed by atoms with Crippen LogP contribution in [0.3, 0.4) is 0 Å². The molecule has 2 amide bonds. The first-order chi connectivity index (χ1) is 12.2. The van der Waals surface area contributed by atoms with Crippen LogP contribution in [0.15, 0.2) is 48.8 Å². The van der Waals surface area contributed by atoms with Crippen LogP contribution in [0.2, 0.25) is 0 Å². The molecule has 1 fully saturated rings. The molecule has 1 aliphatic heterocycles. The normalized spacial score (nSPS) is 21.5. The molecule has 0 bridgehead atoms. The van der Waals surface area contributed by atoms with Crippen LogP contribution in [0.4, 0.5) is 4.79 Å². The summed E-state index contributed by atoms with van der Waals surface area (Å²) in [4.78, 5) is 12.2. The zero-order valence-corrected chi connectivity index (χ0v) is 14.6. The number of ether oxygens (including phenoxy) is 1. The van der Waals surface area contributed by atoms with Gasteiger partial charge in [0.05, 0.1) is 6.10 Å². The zero-order valence-electron chi connectivity index (χ0n) is 14.6. The molecule has 6 nitrogen and oxygen atoms in total. The van der Waals surface area contributed by atoms with E-state index in [1.54, 1.807) is 6.20 Å². The molecule has 25 heavy (non-hydrogen) atoms. The molecule has 1 aliphatic rings. The fourth-order valence-electron chi connectivity index (χ4n) is 3.12. The van der Waals surface area contributed by atoms with Gasteiger partial charge in [0.15, 0.2) is 0 Å². The second-order valence-corrected chi connectivity index (χ2v) is 6.68. The predicted octanol–water partition coefficient (Wildman–Crippen LogP) is 2.74. The summed E-state index contributed by atoms with van der Waals surface area (Å²) in [5.74, 6) is 0.317. The van der Waals surface area contributed by atoms with Gasteiger partial charge in [-0.05, 0) is 30.4 Å². The van der Waals surface area contributed by atoms with E-state index in [2.05, 4.69) is 34.8 Å². The van der Waals surface area contributed by atoms with Gasteiger partial charge in [0.1, 0.15) is 0 Å². The van der Waals surface area contributed by atoms with Gasteiger partial charge in [-0.1, -0.05) is 37.3 Å². The van der Waals surface area contributed by atoms with Crippen molar-refractivity contribution in [2.75, 3.05) is 13.2 Å². The lowest BCUT2D eigenvalue weighted by atomic mass is 9.97. The molecule has 0 radical (unpaired) electrons. The van der Waals surface area contributed by atoms with Crippen molar-refractivity contribution in [3.63, 3.8) is 0 Å². The second-order valence-electron chi connectivity index (χ2n) is 6.68. The average molecular weight is 342 g/mol. The standard InChI is InChI=1S/C19H26N4O2/c1-15(14-23-10-5-9-21-23)13-20-19(24)22-17-8-11-25-18(12-17)16-6-3-2-4-7-16/h2-7,9-10,15,17-18H,8,11-14H2,1H3,(H2,20,22,24)/t15-,17-,18-/m1/s1. The Kier molecular flexibility index (Phi) is 6.06. The molecule has 0 saturated carbocycles. The van der Waals surface area contributed by atoms with Crippen molar-refractivity contribution < 1.29 is 9.53 Å². The van der Waals surface area contributed by atoms with Crippen LogP contribution in [0.1, 0.15) is 31.4 Å². The fourth-order valence-corrected chi connectivity index (χ4v) is 3.12. The van der Waals surface area contributed by atoms with E-state index >= 15 is 0 Å². The molecule has 134 valence electrons. The van der Waals surface area contributed by atoms with E-state index in [1.807, 2.05) is 35.1 Å². The minimum absolute atomic E-state index is 0.0546. The number of hydrogen-bond acceptors (Lipinski definition) is 3. The fraction of sp³-hybridized carbons (Fsp3) is 0.474. The zero-order chi connectivity index (χ0) is 17.5. The van der Waals surface area contributed by atoms with Crippen molar-refractivity contribution in [3.05, 3.63) is 54.4 Å². The van der Waals surface area contributed by atoms with Gasteiger partial charge in [-0.15, -0.1) is 0 Å². The highest BCUT2D eigenvalue weighted by Gasteiger charge is 2.25. The lowest BCUT2D eigenvalue weighted by molar-refractivity contribution is 0.00225. The van der Waals surface area contributed by atoms with Crippen molar-refractivity contribution in [2.45, 2.75) is 38.5 Å². The van der Waals surface area contributed by atoms with Gasteiger partial charge in [-0.3, -0.25) is 4.68 Å². The Balaban J connectivity index is 1.41. The third-order valence-corrected chi connectivity index (χ3v) is 4.46. The maximum Gasteiger partial charge on any atom is 0.315 e. The van der Waals surface area contributed by atoms with Crippen LogP contribution in [0.5, 0.6) is 0 Å². The molecule has 2 heterocycles. The van der Waals surface area contributed by atoms with Gasteiger partial charge in [-0.2, -0.15) is 5.10 Å². The van der Waals surface area contributed by atoms with Crippen LogP contribution in [-0.4, -0.2) is 35.0 Å². The number of rotatable bonds is 6. The quantitative estimate of drug-likeness (QED) is 0.848. The highest BCUT2D eigenvalue weighted by Crippen LogP contribution is 2.27. The van der Waals surface area contributed by atoms with E-state index < -0.39 is 0 Å². The molecule has 0 aliphatic carbocycles. The Hall–Kier alpha value is -2.34. The van der Waals surface area contributed by atoms with Crippen LogP contribution in [0, 0.1) is 5.92 Å². The summed E-state index contributed by atoms with van der Waals surface area (Å²) in [6.45, 7) is 4.18. The molecule has 1 saturated heterocycles. The number of carbonyl (C=O) groups excluding carboxylic acids is 1. The largest absolute Gasteiger partial charge is 0.373 e. The number of benzene rings is 1. The van der Waals surface area contributed by atoms with Crippen molar-refractivity contribution in [3.8, 4) is 0 Å². The Morgan fingerprint density at radius 2 is 2.20 bits per heavy atom. The summed E-state index contributed by atoms with van der Waals surface area (Å²) < 4.78 is 7.73. The van der Waals surface area contributed by atoms with Gasteiger partial charge in [0.2, 0.25) is 0 Å². The van der Waals surface area contributed by atoms with Crippen molar-refractivity contribution >= 4 is 6.03 Å². The molecule has 1 aromatic heterocycles. The summed E-state index contributed by atoms with van der Waals surface area (Å²) in [6.07, 6.45) is 5.41. The number of carbonyl (C=O) groups is 1. The lowest BCUT2D eigenvalue weighted by Crippen LogP contribution is -2.46. The van der Waals surface area contributed by atoms with E-state index in [0.29, 0.717) is 19.1 Å². The number of aromatic nitrogens is 2. The highest BCUT2D eigenvalue weighted by atomic mass is 16.5. The molecule has 0 unspecified atom stereocenters. The Bertz CT molecular complexity index is 645. The number of nitrogens with zero attached hydrogens (tertiary/aromatic N) is 2. The first-order valence-electron chi connectivity index (χ1n) is 8.89. The number of urea groups is 1. The Morgan fingerprint density at radius 3 is 2.96 bits per heavy atom. The second kappa shape index (κ2) is 8.67. The minimum atomic E-state index is -0.106. The maximum atomic E-state index is 12.2. The monoisotopic (exact) mass is 342 g/mol. The molecule has 6 heteroatoms. The molecule has 2 aromatic rings. The molecular formula is C19H26N4O2. The topological polar surface area (TPSA) is 68.2 Å². The third kappa shape index (κ3) is 5.32. The summed E-state index contributed by atoms with van der Waals surface area (Å²) in [6, 6.07) is 12.1. The first kappa shape index (κ1) is 17.5. The van der Waals surface area contributed by atoms with Crippen molar-refractivity contribution in [1.29, 1.82) is 0 Å². The summed E-state index contributed by atoms with van der Waals surface area (Å²) >= 11 is 0.